The minimum Gasteiger partial charge on any atom is -0.370 e. The van der Waals surface area contributed by atoms with Crippen molar-refractivity contribution in [2.24, 2.45) is 10.7 Å². The summed E-state index contributed by atoms with van der Waals surface area (Å²) in [4.78, 5) is 8.33. The molecule has 22 heavy (non-hydrogen) atoms. The zero-order chi connectivity index (χ0) is 15.2. The number of nitrogens with zero attached hydrogens (tertiary/aromatic N) is 3. The van der Waals surface area contributed by atoms with Crippen molar-refractivity contribution in [1.29, 1.82) is 0 Å². The van der Waals surface area contributed by atoms with Crippen molar-refractivity contribution in [3.8, 4) is 0 Å². The van der Waals surface area contributed by atoms with Gasteiger partial charge >= 0.3 is 0 Å². The highest BCUT2D eigenvalue weighted by atomic mass is 127. The Morgan fingerprint density at radius 3 is 2.41 bits per heavy atom. The smallest absolute Gasteiger partial charge is 0.248 e. The number of nitrogens with two attached hydrogens (primary N) is 1. The third-order valence-electron chi connectivity index (χ3n) is 3.21. The molecular formula is C15H22IN5O. The molecule has 1 aromatic heterocycles. The molecule has 0 aliphatic carbocycles. The molecule has 0 fully saturated rings. The molecular weight excluding hydrogens is 393 g/mol. The predicted octanol–water partition coefficient (Wildman–Crippen LogP) is 3.05. The SMILES string of the molecule is CCc1cccc(CC)c1NC(N)=NCc1nc(C)no1.I. The Hall–Kier alpha value is -1.64. The Balaban J connectivity index is 0.00000242. The number of para-hydroxylation sites is 1. The number of anilines is 1. The van der Waals surface area contributed by atoms with Gasteiger partial charge in [0, 0.05) is 5.69 Å². The largest absolute Gasteiger partial charge is 0.370 e. The first-order valence-electron chi connectivity index (χ1n) is 7.10. The Kier molecular flexibility index (Phi) is 7.30. The third kappa shape index (κ3) is 4.69. The first-order valence-corrected chi connectivity index (χ1v) is 7.10. The van der Waals surface area contributed by atoms with Crippen LogP contribution < -0.4 is 11.1 Å². The van der Waals surface area contributed by atoms with Crippen molar-refractivity contribution in [1.82, 2.24) is 10.1 Å². The second-order valence-electron chi connectivity index (χ2n) is 4.72. The van der Waals surface area contributed by atoms with Crippen molar-refractivity contribution in [3.63, 3.8) is 0 Å². The zero-order valence-corrected chi connectivity index (χ0v) is 15.4. The van der Waals surface area contributed by atoms with Gasteiger partial charge in [0.15, 0.2) is 11.8 Å². The fourth-order valence-electron chi connectivity index (χ4n) is 2.13. The van der Waals surface area contributed by atoms with Crippen LogP contribution in [0.5, 0.6) is 0 Å². The van der Waals surface area contributed by atoms with Crippen LogP contribution in [0.4, 0.5) is 5.69 Å². The van der Waals surface area contributed by atoms with Gasteiger partial charge < -0.3 is 15.6 Å². The van der Waals surface area contributed by atoms with E-state index in [9.17, 15) is 0 Å². The molecule has 0 saturated carbocycles. The normalized spacial score (nSPS) is 11.1. The number of guanidine groups is 1. The lowest BCUT2D eigenvalue weighted by molar-refractivity contribution is 0.376. The van der Waals surface area contributed by atoms with Gasteiger partial charge in [-0.25, -0.2) is 4.99 Å². The summed E-state index contributed by atoms with van der Waals surface area (Å²) in [5, 5.41) is 6.91. The highest BCUT2D eigenvalue weighted by Gasteiger charge is 2.07. The first kappa shape index (κ1) is 18.4. The number of hydrogen-bond donors (Lipinski definition) is 2. The Bertz CT molecular complexity index is 616. The molecule has 0 atom stereocenters. The molecule has 120 valence electrons. The second kappa shape index (κ2) is 8.72. The second-order valence-corrected chi connectivity index (χ2v) is 4.72. The average Bonchev–Trinajstić information content (AvgIpc) is 2.91. The van der Waals surface area contributed by atoms with Crippen LogP contribution in [0.1, 0.15) is 36.7 Å². The topological polar surface area (TPSA) is 89.3 Å². The fraction of sp³-hybridized carbons (Fsp3) is 0.400. The molecule has 2 rings (SSSR count). The predicted molar refractivity (Wildman–Crippen MR) is 98.6 cm³/mol. The van der Waals surface area contributed by atoms with Crippen LogP contribution >= 0.6 is 24.0 Å². The van der Waals surface area contributed by atoms with Gasteiger partial charge in [0.05, 0.1) is 0 Å². The van der Waals surface area contributed by atoms with E-state index in [4.69, 9.17) is 10.3 Å². The maximum Gasteiger partial charge on any atom is 0.248 e. The van der Waals surface area contributed by atoms with Crippen LogP contribution in [0, 0.1) is 6.92 Å². The summed E-state index contributed by atoms with van der Waals surface area (Å²) >= 11 is 0. The van der Waals surface area contributed by atoms with Gasteiger partial charge in [0.25, 0.3) is 0 Å². The third-order valence-corrected chi connectivity index (χ3v) is 3.21. The van der Waals surface area contributed by atoms with Gasteiger partial charge in [-0.3, -0.25) is 0 Å². The van der Waals surface area contributed by atoms with Crippen LogP contribution in [0.3, 0.4) is 0 Å². The molecule has 0 bridgehead atoms. The van der Waals surface area contributed by atoms with Crippen molar-refractivity contribution in [2.45, 2.75) is 40.2 Å². The lowest BCUT2D eigenvalue weighted by Crippen LogP contribution is -2.24. The number of benzene rings is 1. The van der Waals surface area contributed by atoms with Crippen LogP contribution in [0.15, 0.2) is 27.7 Å². The monoisotopic (exact) mass is 415 g/mol. The highest BCUT2D eigenvalue weighted by Crippen LogP contribution is 2.22. The number of aliphatic imine (C=N–C) groups is 1. The van der Waals surface area contributed by atoms with Gasteiger partial charge in [-0.05, 0) is 30.9 Å². The van der Waals surface area contributed by atoms with E-state index in [1.807, 2.05) is 0 Å². The van der Waals surface area contributed by atoms with E-state index in [1.54, 1.807) is 6.92 Å². The van der Waals surface area contributed by atoms with Gasteiger partial charge in [-0.2, -0.15) is 4.98 Å². The average molecular weight is 415 g/mol. The molecule has 0 saturated heterocycles. The molecule has 3 N–H and O–H groups in total. The minimum absolute atomic E-state index is 0. The molecule has 0 aliphatic rings. The number of hydrogen-bond acceptors (Lipinski definition) is 4. The quantitative estimate of drug-likeness (QED) is 0.445. The summed E-state index contributed by atoms with van der Waals surface area (Å²) in [6.07, 6.45) is 1.87. The lowest BCUT2D eigenvalue weighted by atomic mass is 10.0. The summed E-state index contributed by atoms with van der Waals surface area (Å²) in [5.41, 5.74) is 9.45. The first-order chi connectivity index (χ1) is 10.1. The minimum atomic E-state index is 0. The van der Waals surface area contributed by atoms with Crippen LogP contribution in [0.25, 0.3) is 0 Å². The molecule has 2 aromatic rings. The van der Waals surface area contributed by atoms with Gasteiger partial charge in [0.1, 0.15) is 6.54 Å². The number of aryl methyl sites for hydroxylation is 3. The maximum atomic E-state index is 5.96. The number of halogens is 1. The summed E-state index contributed by atoms with van der Waals surface area (Å²) in [7, 11) is 0. The standard InChI is InChI=1S/C15H21N5O.HI/c1-4-11-7-6-8-12(5-2)14(11)19-15(16)17-9-13-18-10(3)20-21-13;/h6-8H,4-5,9H2,1-3H3,(H3,16,17,19);1H. The van der Waals surface area contributed by atoms with Crippen molar-refractivity contribution >= 4 is 35.6 Å². The summed E-state index contributed by atoms with van der Waals surface area (Å²) in [5.74, 6) is 1.40. The Labute approximate surface area is 147 Å². The molecule has 0 spiro atoms. The summed E-state index contributed by atoms with van der Waals surface area (Å²) < 4.78 is 5.00. The molecule has 0 aliphatic heterocycles. The molecule has 6 nitrogen and oxygen atoms in total. The van der Waals surface area contributed by atoms with Gasteiger partial charge in [0.2, 0.25) is 5.89 Å². The van der Waals surface area contributed by atoms with E-state index in [1.165, 1.54) is 11.1 Å². The van der Waals surface area contributed by atoms with E-state index in [2.05, 4.69) is 52.5 Å². The number of rotatable bonds is 5. The van der Waals surface area contributed by atoms with Crippen LogP contribution in [0.2, 0.25) is 0 Å². The maximum absolute atomic E-state index is 5.96. The number of nitrogens with one attached hydrogen (secondary N) is 1. The molecule has 1 heterocycles. The highest BCUT2D eigenvalue weighted by molar-refractivity contribution is 14.0. The summed E-state index contributed by atoms with van der Waals surface area (Å²) in [6.45, 7) is 6.28. The molecule has 7 heteroatoms. The fourth-order valence-corrected chi connectivity index (χ4v) is 2.13. The van der Waals surface area contributed by atoms with Crippen molar-refractivity contribution in [3.05, 3.63) is 41.0 Å². The van der Waals surface area contributed by atoms with E-state index < -0.39 is 0 Å². The van der Waals surface area contributed by atoms with Gasteiger partial charge in [-0.1, -0.05) is 37.2 Å². The van der Waals surface area contributed by atoms with Crippen molar-refractivity contribution < 1.29 is 4.52 Å². The molecule has 0 amide bonds. The Morgan fingerprint density at radius 1 is 1.27 bits per heavy atom. The van der Waals surface area contributed by atoms with E-state index >= 15 is 0 Å². The van der Waals surface area contributed by atoms with Crippen molar-refractivity contribution in [2.75, 3.05) is 5.32 Å². The van der Waals surface area contributed by atoms with E-state index in [0.29, 0.717) is 17.7 Å². The van der Waals surface area contributed by atoms with Crippen LogP contribution in [-0.4, -0.2) is 16.1 Å². The van der Waals surface area contributed by atoms with E-state index in [-0.39, 0.29) is 30.5 Å². The molecule has 0 unspecified atom stereocenters. The molecule has 0 radical (unpaired) electrons. The zero-order valence-electron chi connectivity index (χ0n) is 13.1. The Morgan fingerprint density at radius 2 is 1.91 bits per heavy atom. The molecule has 1 aromatic carbocycles. The van der Waals surface area contributed by atoms with Gasteiger partial charge in [-0.15, -0.1) is 24.0 Å². The summed E-state index contributed by atoms with van der Waals surface area (Å²) in [6, 6.07) is 6.25. The number of aromatic nitrogens is 2. The van der Waals surface area contributed by atoms with E-state index in [0.717, 1.165) is 18.5 Å². The van der Waals surface area contributed by atoms with Crippen LogP contribution in [-0.2, 0) is 19.4 Å². The lowest BCUT2D eigenvalue weighted by Gasteiger charge is -2.14.